The van der Waals surface area contributed by atoms with E-state index in [4.69, 9.17) is 32.7 Å². The number of halogens is 2. The molecular formula is C30H35Cl2N3O6S. The third-order valence-electron chi connectivity index (χ3n) is 6.58. The Morgan fingerprint density at radius 1 is 0.929 bits per heavy atom. The third-order valence-corrected chi connectivity index (χ3v) is 8.83. The number of rotatable bonds is 14. The van der Waals surface area contributed by atoms with E-state index in [1.165, 1.54) is 61.6 Å². The van der Waals surface area contributed by atoms with E-state index in [1.807, 2.05) is 6.92 Å². The van der Waals surface area contributed by atoms with E-state index >= 15 is 0 Å². The zero-order valence-electron chi connectivity index (χ0n) is 24.0. The van der Waals surface area contributed by atoms with Crippen molar-refractivity contribution in [2.45, 2.75) is 44.2 Å². The van der Waals surface area contributed by atoms with E-state index in [0.29, 0.717) is 27.9 Å². The molecule has 3 rings (SSSR count). The van der Waals surface area contributed by atoms with Gasteiger partial charge >= 0.3 is 0 Å². The van der Waals surface area contributed by atoms with E-state index in [0.717, 1.165) is 17.1 Å². The van der Waals surface area contributed by atoms with Gasteiger partial charge in [0.15, 0.2) is 11.5 Å². The molecule has 1 unspecified atom stereocenters. The lowest BCUT2D eigenvalue weighted by Crippen LogP contribution is -2.51. The van der Waals surface area contributed by atoms with Gasteiger partial charge in [-0.25, -0.2) is 8.42 Å². The summed E-state index contributed by atoms with van der Waals surface area (Å²) in [5, 5.41) is 3.72. The molecule has 0 saturated heterocycles. The second kappa shape index (κ2) is 15.1. The highest BCUT2D eigenvalue weighted by Gasteiger charge is 2.33. The van der Waals surface area contributed by atoms with E-state index < -0.39 is 28.5 Å². The Balaban J connectivity index is 2.04. The normalized spacial score (nSPS) is 11.9. The first-order valence-corrected chi connectivity index (χ1v) is 15.5. The highest BCUT2D eigenvalue weighted by molar-refractivity contribution is 7.92. The first kappa shape index (κ1) is 33.0. The van der Waals surface area contributed by atoms with Crippen LogP contribution >= 0.6 is 23.2 Å². The lowest BCUT2D eigenvalue weighted by Gasteiger charge is -2.32. The van der Waals surface area contributed by atoms with Gasteiger partial charge in [0.1, 0.15) is 12.6 Å². The molecule has 1 atom stereocenters. The summed E-state index contributed by atoms with van der Waals surface area (Å²) in [4.78, 5) is 28.3. The van der Waals surface area contributed by atoms with E-state index in [2.05, 4.69) is 5.32 Å². The van der Waals surface area contributed by atoms with Crippen LogP contribution in [0.4, 0.5) is 5.69 Å². The first-order valence-electron chi connectivity index (χ1n) is 13.3. The monoisotopic (exact) mass is 635 g/mol. The summed E-state index contributed by atoms with van der Waals surface area (Å²) < 4.78 is 39.7. The number of methoxy groups -OCH3 is 2. The fourth-order valence-electron chi connectivity index (χ4n) is 4.19. The maximum Gasteiger partial charge on any atom is 0.264 e. The minimum Gasteiger partial charge on any atom is -0.493 e. The molecule has 0 fully saturated rings. The zero-order chi connectivity index (χ0) is 30.9. The van der Waals surface area contributed by atoms with Crippen LogP contribution < -0.4 is 19.1 Å². The van der Waals surface area contributed by atoms with Gasteiger partial charge in [-0.1, -0.05) is 48.7 Å². The van der Waals surface area contributed by atoms with Gasteiger partial charge in [-0.3, -0.25) is 13.9 Å². The SMILES string of the molecule is CCCCNC(=O)C(C)N(Cc1cccc(Cl)c1)C(=O)CN(c1ccc(Cl)cc1)S(=O)(=O)c1ccc(OC)c(OC)c1. The third kappa shape index (κ3) is 8.30. The molecule has 9 nitrogen and oxygen atoms in total. The molecule has 3 aromatic rings. The average molecular weight is 637 g/mol. The van der Waals surface area contributed by atoms with Crippen molar-refractivity contribution >= 4 is 50.7 Å². The van der Waals surface area contributed by atoms with E-state index in [1.54, 1.807) is 31.2 Å². The Hall–Kier alpha value is -3.47. The topological polar surface area (TPSA) is 105 Å². The Labute approximate surface area is 257 Å². The fraction of sp³-hybridized carbons (Fsp3) is 0.333. The zero-order valence-corrected chi connectivity index (χ0v) is 26.3. The van der Waals surface area contributed by atoms with Crippen LogP contribution in [0.3, 0.4) is 0 Å². The number of sulfonamides is 1. The van der Waals surface area contributed by atoms with Crippen molar-refractivity contribution < 1.29 is 27.5 Å². The number of anilines is 1. The van der Waals surface area contributed by atoms with Crippen LogP contribution in [0.5, 0.6) is 11.5 Å². The molecule has 0 aliphatic rings. The fourth-order valence-corrected chi connectivity index (χ4v) is 5.96. The average Bonchev–Trinajstić information content (AvgIpc) is 2.98. The molecule has 0 heterocycles. The second-order valence-corrected chi connectivity index (χ2v) is 12.2. The number of nitrogens with one attached hydrogen (secondary N) is 1. The molecular weight excluding hydrogens is 601 g/mol. The molecule has 0 saturated carbocycles. The van der Waals surface area contributed by atoms with E-state index in [9.17, 15) is 18.0 Å². The molecule has 0 aromatic heterocycles. The number of ether oxygens (including phenoxy) is 2. The van der Waals surface area contributed by atoms with Gasteiger partial charge in [0.25, 0.3) is 10.0 Å². The van der Waals surface area contributed by atoms with Gasteiger partial charge in [0.2, 0.25) is 11.8 Å². The van der Waals surface area contributed by atoms with E-state index in [-0.39, 0.29) is 28.8 Å². The first-order chi connectivity index (χ1) is 20.0. The van der Waals surface area contributed by atoms with Crippen molar-refractivity contribution in [3.05, 3.63) is 82.3 Å². The summed E-state index contributed by atoms with van der Waals surface area (Å²) in [6.45, 7) is 3.52. The van der Waals surface area contributed by atoms with Crippen LogP contribution in [0.15, 0.2) is 71.6 Å². The number of hydrogen-bond acceptors (Lipinski definition) is 6. The molecule has 12 heteroatoms. The number of amides is 2. The van der Waals surface area contributed by atoms with Crippen LogP contribution in [0.25, 0.3) is 0 Å². The van der Waals surface area contributed by atoms with Crippen LogP contribution in [0, 0.1) is 0 Å². The summed E-state index contributed by atoms with van der Waals surface area (Å²) in [7, 11) is -1.47. The van der Waals surface area contributed by atoms with Gasteiger partial charge in [-0.2, -0.15) is 0 Å². The van der Waals surface area contributed by atoms with Gasteiger partial charge < -0.3 is 19.7 Å². The Morgan fingerprint density at radius 2 is 1.62 bits per heavy atom. The highest BCUT2D eigenvalue weighted by atomic mass is 35.5. The summed E-state index contributed by atoms with van der Waals surface area (Å²) in [6, 6.07) is 16.3. The standard InChI is InChI=1S/C30H35Cl2N3O6S/c1-5-6-16-33-30(37)21(2)34(19-22-8-7-9-24(32)17-22)29(36)20-35(25-12-10-23(31)11-13-25)42(38,39)26-14-15-27(40-3)28(18-26)41-4/h7-15,17-18,21H,5-6,16,19-20H2,1-4H3,(H,33,37). The van der Waals surface area contributed by atoms with Crippen molar-refractivity contribution in [2.24, 2.45) is 0 Å². The molecule has 0 spiro atoms. The summed E-state index contributed by atoms with van der Waals surface area (Å²) in [5.74, 6) is -0.381. The number of unbranched alkanes of at least 4 members (excludes halogenated alkanes) is 1. The largest absolute Gasteiger partial charge is 0.493 e. The van der Waals surface area contributed by atoms with Crippen molar-refractivity contribution in [1.82, 2.24) is 10.2 Å². The lowest BCUT2D eigenvalue weighted by molar-refractivity contribution is -0.139. The number of carbonyl (C=O) groups is 2. The van der Waals surface area contributed by atoms with Gasteiger partial charge in [0.05, 0.1) is 24.8 Å². The van der Waals surface area contributed by atoms with Crippen molar-refractivity contribution in [3.63, 3.8) is 0 Å². The molecule has 226 valence electrons. The molecule has 0 aliphatic heterocycles. The van der Waals surface area contributed by atoms with Crippen molar-refractivity contribution in [2.75, 3.05) is 31.6 Å². The summed E-state index contributed by atoms with van der Waals surface area (Å²) in [6.07, 6.45) is 1.68. The Bertz CT molecular complexity index is 1480. The lowest BCUT2D eigenvalue weighted by atomic mass is 10.1. The van der Waals surface area contributed by atoms with Crippen molar-refractivity contribution in [3.8, 4) is 11.5 Å². The smallest absolute Gasteiger partial charge is 0.264 e. The molecule has 3 aromatic carbocycles. The number of carbonyl (C=O) groups excluding carboxylic acids is 2. The number of hydrogen-bond donors (Lipinski definition) is 1. The quantitative estimate of drug-likeness (QED) is 0.233. The molecule has 2 amide bonds. The maximum atomic E-state index is 14.1. The number of nitrogens with zero attached hydrogens (tertiary/aromatic N) is 2. The number of benzene rings is 3. The minimum absolute atomic E-state index is 0.0343. The second-order valence-electron chi connectivity index (χ2n) is 9.48. The van der Waals surface area contributed by atoms with Crippen molar-refractivity contribution in [1.29, 1.82) is 0 Å². The Morgan fingerprint density at radius 3 is 2.24 bits per heavy atom. The molecule has 0 bridgehead atoms. The van der Waals surface area contributed by atoms with Crippen LogP contribution in [-0.2, 0) is 26.2 Å². The van der Waals surface area contributed by atoms with Crippen LogP contribution in [0.2, 0.25) is 10.0 Å². The van der Waals surface area contributed by atoms with Gasteiger partial charge in [-0.15, -0.1) is 0 Å². The summed E-state index contributed by atoms with van der Waals surface area (Å²) >= 11 is 12.3. The minimum atomic E-state index is -4.31. The Kier molecular flexibility index (Phi) is 11.9. The molecule has 1 N–H and O–H groups in total. The molecule has 0 aliphatic carbocycles. The molecule has 42 heavy (non-hydrogen) atoms. The predicted molar refractivity (Wildman–Crippen MR) is 165 cm³/mol. The summed E-state index contributed by atoms with van der Waals surface area (Å²) in [5.41, 5.74) is 0.898. The van der Waals surface area contributed by atoms with Crippen LogP contribution in [0.1, 0.15) is 32.3 Å². The molecule has 0 radical (unpaired) electrons. The van der Waals surface area contributed by atoms with Crippen LogP contribution in [-0.4, -0.2) is 58.5 Å². The van der Waals surface area contributed by atoms with Gasteiger partial charge in [0, 0.05) is 29.2 Å². The highest BCUT2D eigenvalue weighted by Crippen LogP contribution is 2.32. The maximum absolute atomic E-state index is 14.1. The predicted octanol–water partition coefficient (Wildman–Crippen LogP) is 5.54. The van der Waals surface area contributed by atoms with Gasteiger partial charge in [-0.05, 0) is 67.4 Å².